The molecular formula is C13H16N2S. The molecule has 84 valence electrons. The van der Waals surface area contributed by atoms with Gasteiger partial charge in [0, 0.05) is 17.7 Å². The van der Waals surface area contributed by atoms with Crippen LogP contribution in [-0.2, 0) is 6.42 Å². The molecule has 3 heteroatoms. The summed E-state index contributed by atoms with van der Waals surface area (Å²) < 4.78 is 0. The summed E-state index contributed by atoms with van der Waals surface area (Å²) in [5, 5.41) is 0. The highest BCUT2D eigenvalue weighted by Crippen LogP contribution is 2.24. The van der Waals surface area contributed by atoms with Crippen LogP contribution in [0.1, 0.15) is 17.1 Å². The molecule has 0 unspecified atom stereocenters. The quantitative estimate of drug-likeness (QED) is 0.782. The van der Waals surface area contributed by atoms with E-state index in [9.17, 15) is 0 Å². The maximum atomic E-state index is 4.63. The number of benzene rings is 1. The van der Waals surface area contributed by atoms with Crippen molar-refractivity contribution in [2.75, 3.05) is 5.75 Å². The summed E-state index contributed by atoms with van der Waals surface area (Å²) in [7, 11) is 0. The molecule has 0 atom stereocenters. The fraction of sp³-hybridized carbons (Fsp3) is 0.308. The average Bonchev–Trinajstić information content (AvgIpc) is 2.61. The Balaban J connectivity index is 2.44. The predicted octanol–water partition coefficient (Wildman–Crippen LogP) is 3.17. The zero-order chi connectivity index (χ0) is 11.5. The summed E-state index contributed by atoms with van der Waals surface area (Å²) in [4.78, 5) is 7.94. The van der Waals surface area contributed by atoms with Gasteiger partial charge < -0.3 is 4.98 Å². The van der Waals surface area contributed by atoms with E-state index in [0.717, 1.165) is 29.4 Å². The molecule has 1 aromatic heterocycles. The number of aromatic amines is 1. The lowest BCUT2D eigenvalue weighted by molar-refractivity contribution is 0.995. The van der Waals surface area contributed by atoms with Crippen LogP contribution in [-0.4, -0.2) is 15.7 Å². The van der Waals surface area contributed by atoms with Crippen LogP contribution >= 0.6 is 12.6 Å². The summed E-state index contributed by atoms with van der Waals surface area (Å²) >= 11 is 4.22. The molecule has 0 radical (unpaired) electrons. The summed E-state index contributed by atoms with van der Waals surface area (Å²) in [6, 6.07) is 8.33. The summed E-state index contributed by atoms with van der Waals surface area (Å²) in [5.74, 6) is 1.84. The minimum atomic E-state index is 0.820. The third-order valence-electron chi connectivity index (χ3n) is 2.68. The highest BCUT2D eigenvalue weighted by Gasteiger charge is 2.09. The molecule has 0 saturated carbocycles. The van der Waals surface area contributed by atoms with Gasteiger partial charge in [0.25, 0.3) is 0 Å². The molecule has 1 heterocycles. The molecule has 2 rings (SSSR count). The normalized spacial score (nSPS) is 10.7. The number of imidazole rings is 1. The van der Waals surface area contributed by atoms with Crippen molar-refractivity contribution >= 4 is 12.6 Å². The second kappa shape index (κ2) is 4.74. The largest absolute Gasteiger partial charge is 0.346 e. The Hall–Kier alpha value is -1.22. The summed E-state index contributed by atoms with van der Waals surface area (Å²) in [5.41, 5.74) is 4.66. The molecule has 0 aliphatic rings. The van der Waals surface area contributed by atoms with Crippen molar-refractivity contribution in [2.24, 2.45) is 0 Å². The highest BCUT2D eigenvalue weighted by molar-refractivity contribution is 7.80. The lowest BCUT2D eigenvalue weighted by atomic mass is 10.1. The van der Waals surface area contributed by atoms with Crippen molar-refractivity contribution in [3.8, 4) is 11.3 Å². The number of hydrogen-bond acceptors (Lipinski definition) is 2. The molecule has 0 spiro atoms. The van der Waals surface area contributed by atoms with E-state index < -0.39 is 0 Å². The Morgan fingerprint density at radius 2 is 2.00 bits per heavy atom. The van der Waals surface area contributed by atoms with Gasteiger partial charge in [-0.3, -0.25) is 0 Å². The maximum Gasteiger partial charge on any atom is 0.107 e. The number of aromatic nitrogens is 2. The molecule has 0 saturated heterocycles. The Bertz CT molecular complexity index is 488. The maximum absolute atomic E-state index is 4.63. The third-order valence-corrected chi connectivity index (χ3v) is 2.91. The van der Waals surface area contributed by atoms with Crippen molar-refractivity contribution in [1.82, 2.24) is 9.97 Å². The van der Waals surface area contributed by atoms with Gasteiger partial charge in [-0.05, 0) is 25.2 Å². The zero-order valence-corrected chi connectivity index (χ0v) is 10.5. The standard InChI is InChI=1S/C13H16N2S/c1-9-5-3-4-6-11(9)13-10(2)14-12(15-13)7-8-16/h3-6,16H,7-8H2,1-2H3,(H,14,15). The van der Waals surface area contributed by atoms with Gasteiger partial charge in [0.15, 0.2) is 0 Å². The third kappa shape index (κ3) is 2.14. The van der Waals surface area contributed by atoms with Crippen LogP contribution in [0.4, 0.5) is 0 Å². The summed E-state index contributed by atoms with van der Waals surface area (Å²) in [6.07, 6.45) is 0.885. The van der Waals surface area contributed by atoms with E-state index in [0.29, 0.717) is 0 Å². The van der Waals surface area contributed by atoms with E-state index in [-0.39, 0.29) is 0 Å². The SMILES string of the molecule is Cc1ccccc1-c1nc(CCS)[nH]c1C. The molecule has 0 amide bonds. The molecule has 0 aliphatic heterocycles. The lowest BCUT2D eigenvalue weighted by Gasteiger charge is -2.02. The molecule has 1 aromatic carbocycles. The van der Waals surface area contributed by atoms with Crippen LogP contribution in [0.25, 0.3) is 11.3 Å². The average molecular weight is 232 g/mol. The van der Waals surface area contributed by atoms with E-state index in [2.05, 4.69) is 60.7 Å². The number of nitrogens with zero attached hydrogens (tertiary/aromatic N) is 1. The number of aryl methyl sites for hydroxylation is 3. The first kappa shape index (κ1) is 11.3. The molecule has 1 N–H and O–H groups in total. The van der Waals surface area contributed by atoms with Crippen LogP contribution in [0.2, 0.25) is 0 Å². The van der Waals surface area contributed by atoms with Gasteiger partial charge in [0.2, 0.25) is 0 Å². The Labute approximate surface area is 102 Å². The topological polar surface area (TPSA) is 28.7 Å². The second-order valence-electron chi connectivity index (χ2n) is 3.95. The number of hydrogen-bond donors (Lipinski definition) is 2. The number of rotatable bonds is 3. The number of thiol groups is 1. The zero-order valence-electron chi connectivity index (χ0n) is 9.62. The van der Waals surface area contributed by atoms with E-state index in [1.807, 2.05) is 0 Å². The van der Waals surface area contributed by atoms with Gasteiger partial charge in [0.05, 0.1) is 5.69 Å². The number of nitrogens with one attached hydrogen (secondary N) is 1. The van der Waals surface area contributed by atoms with Crippen molar-refractivity contribution in [1.29, 1.82) is 0 Å². The van der Waals surface area contributed by atoms with E-state index in [1.165, 1.54) is 11.1 Å². The fourth-order valence-electron chi connectivity index (χ4n) is 1.85. The second-order valence-corrected chi connectivity index (χ2v) is 4.39. The van der Waals surface area contributed by atoms with Gasteiger partial charge >= 0.3 is 0 Å². The Morgan fingerprint density at radius 1 is 1.25 bits per heavy atom. The van der Waals surface area contributed by atoms with Crippen molar-refractivity contribution in [3.63, 3.8) is 0 Å². The van der Waals surface area contributed by atoms with Gasteiger partial charge in [-0.15, -0.1) is 0 Å². The minimum Gasteiger partial charge on any atom is -0.346 e. The van der Waals surface area contributed by atoms with Crippen molar-refractivity contribution in [3.05, 3.63) is 41.3 Å². The fourth-order valence-corrected chi connectivity index (χ4v) is 2.06. The van der Waals surface area contributed by atoms with Gasteiger partial charge in [-0.2, -0.15) is 12.6 Å². The first-order chi connectivity index (χ1) is 7.72. The van der Waals surface area contributed by atoms with Crippen LogP contribution in [0, 0.1) is 13.8 Å². The van der Waals surface area contributed by atoms with E-state index in [1.54, 1.807) is 0 Å². The number of H-pyrrole nitrogens is 1. The van der Waals surface area contributed by atoms with Crippen LogP contribution in [0.3, 0.4) is 0 Å². The van der Waals surface area contributed by atoms with E-state index in [4.69, 9.17) is 0 Å². The molecule has 2 aromatic rings. The van der Waals surface area contributed by atoms with Gasteiger partial charge in [-0.1, -0.05) is 24.3 Å². The first-order valence-electron chi connectivity index (χ1n) is 5.44. The lowest BCUT2D eigenvalue weighted by Crippen LogP contribution is -1.88. The van der Waals surface area contributed by atoms with E-state index >= 15 is 0 Å². The Kier molecular flexibility index (Phi) is 3.34. The molecule has 16 heavy (non-hydrogen) atoms. The smallest absolute Gasteiger partial charge is 0.107 e. The van der Waals surface area contributed by atoms with Crippen LogP contribution in [0.5, 0.6) is 0 Å². The van der Waals surface area contributed by atoms with Gasteiger partial charge in [0.1, 0.15) is 5.82 Å². The monoisotopic (exact) mass is 232 g/mol. The van der Waals surface area contributed by atoms with Crippen molar-refractivity contribution in [2.45, 2.75) is 20.3 Å². The summed E-state index contributed by atoms with van der Waals surface area (Å²) in [6.45, 7) is 4.18. The van der Waals surface area contributed by atoms with Crippen LogP contribution < -0.4 is 0 Å². The highest BCUT2D eigenvalue weighted by atomic mass is 32.1. The molecule has 0 bridgehead atoms. The molecule has 0 fully saturated rings. The predicted molar refractivity (Wildman–Crippen MR) is 71.1 cm³/mol. The minimum absolute atomic E-state index is 0.820. The first-order valence-corrected chi connectivity index (χ1v) is 6.08. The Morgan fingerprint density at radius 3 is 2.69 bits per heavy atom. The van der Waals surface area contributed by atoms with Crippen LogP contribution in [0.15, 0.2) is 24.3 Å². The van der Waals surface area contributed by atoms with Gasteiger partial charge in [-0.25, -0.2) is 4.98 Å². The molecule has 2 nitrogen and oxygen atoms in total. The molecule has 0 aliphatic carbocycles. The van der Waals surface area contributed by atoms with Crippen molar-refractivity contribution < 1.29 is 0 Å². The molecular weight excluding hydrogens is 216 g/mol.